The largest absolute Gasteiger partial charge is 0.496 e. The van der Waals surface area contributed by atoms with E-state index in [0.717, 1.165) is 5.56 Å². The molecule has 0 saturated carbocycles. The molecule has 0 aliphatic heterocycles. The summed E-state index contributed by atoms with van der Waals surface area (Å²) < 4.78 is 15.7. The molecule has 0 radical (unpaired) electrons. The summed E-state index contributed by atoms with van der Waals surface area (Å²) in [6.07, 6.45) is 1.53. The first-order valence-electron chi connectivity index (χ1n) is 7.37. The van der Waals surface area contributed by atoms with Crippen molar-refractivity contribution in [2.45, 2.75) is 0 Å². The van der Waals surface area contributed by atoms with Gasteiger partial charge in [0.15, 0.2) is 0 Å². The summed E-state index contributed by atoms with van der Waals surface area (Å²) in [6.45, 7) is 0. The van der Waals surface area contributed by atoms with Crippen molar-refractivity contribution in [1.82, 2.24) is 5.16 Å². The highest BCUT2D eigenvalue weighted by Gasteiger charge is 2.21. The molecule has 0 aliphatic carbocycles. The average molecular weight is 359 g/mol. The number of hydrogen-bond acceptors (Lipinski definition) is 5. The van der Waals surface area contributed by atoms with Gasteiger partial charge in [0.1, 0.15) is 17.1 Å². The Hall–Kier alpha value is -2.99. The monoisotopic (exact) mass is 358 g/mol. The second kappa shape index (κ2) is 7.27. The molecule has 1 N–H and O–H groups in total. The SMILES string of the molecule is COc1cccc(OC)c1C(=O)Nc1oncc1-c1ccc(Cl)cc1. The van der Waals surface area contributed by atoms with Gasteiger partial charge in [-0.3, -0.25) is 10.1 Å². The van der Waals surface area contributed by atoms with Gasteiger partial charge in [0.05, 0.1) is 26.0 Å². The Balaban J connectivity index is 1.93. The standard InChI is InChI=1S/C18H15ClN2O4/c1-23-14-4-3-5-15(24-2)16(14)17(22)21-18-13(10-20-25-18)11-6-8-12(19)9-7-11/h3-10H,1-2H3,(H,21,22). The molecule has 3 aromatic rings. The average Bonchev–Trinajstić information content (AvgIpc) is 3.09. The second-order valence-corrected chi connectivity index (χ2v) is 5.50. The van der Waals surface area contributed by atoms with Crippen LogP contribution in [0.5, 0.6) is 11.5 Å². The molecule has 6 nitrogen and oxygen atoms in total. The molecule has 128 valence electrons. The minimum absolute atomic E-state index is 0.222. The Bertz CT molecular complexity index is 868. The molecule has 0 spiro atoms. The first kappa shape index (κ1) is 16.9. The first-order chi connectivity index (χ1) is 12.1. The maximum atomic E-state index is 12.7. The van der Waals surface area contributed by atoms with Crippen LogP contribution in [0.25, 0.3) is 11.1 Å². The van der Waals surface area contributed by atoms with E-state index in [1.807, 2.05) is 12.1 Å². The molecular weight excluding hydrogens is 344 g/mol. The summed E-state index contributed by atoms with van der Waals surface area (Å²) in [7, 11) is 2.97. The zero-order chi connectivity index (χ0) is 17.8. The van der Waals surface area contributed by atoms with Crippen molar-refractivity contribution < 1.29 is 18.8 Å². The van der Waals surface area contributed by atoms with Crippen LogP contribution in [0.2, 0.25) is 5.02 Å². The highest BCUT2D eigenvalue weighted by atomic mass is 35.5. The number of methoxy groups -OCH3 is 2. The molecule has 7 heteroatoms. The van der Waals surface area contributed by atoms with Gasteiger partial charge in [0.2, 0.25) is 5.88 Å². The smallest absolute Gasteiger partial charge is 0.265 e. The van der Waals surface area contributed by atoms with E-state index in [9.17, 15) is 4.79 Å². The lowest BCUT2D eigenvalue weighted by atomic mass is 10.1. The molecule has 0 aliphatic rings. The van der Waals surface area contributed by atoms with Crippen LogP contribution >= 0.6 is 11.6 Å². The number of benzene rings is 2. The number of halogens is 1. The summed E-state index contributed by atoms with van der Waals surface area (Å²) in [5.41, 5.74) is 1.72. The summed E-state index contributed by atoms with van der Waals surface area (Å²) in [4.78, 5) is 12.7. The van der Waals surface area contributed by atoms with Crippen molar-refractivity contribution >= 4 is 23.4 Å². The summed E-state index contributed by atoms with van der Waals surface area (Å²) >= 11 is 5.91. The third kappa shape index (κ3) is 3.44. The molecule has 0 atom stereocenters. The van der Waals surface area contributed by atoms with Gasteiger partial charge in [0, 0.05) is 5.02 Å². The minimum atomic E-state index is -0.429. The predicted molar refractivity (Wildman–Crippen MR) is 94.4 cm³/mol. The number of hydrogen-bond donors (Lipinski definition) is 1. The van der Waals surface area contributed by atoms with Crippen molar-refractivity contribution in [1.29, 1.82) is 0 Å². The van der Waals surface area contributed by atoms with Crippen LogP contribution in [0, 0.1) is 0 Å². The zero-order valence-electron chi connectivity index (χ0n) is 13.6. The normalized spacial score (nSPS) is 10.4. The van der Waals surface area contributed by atoms with Crippen molar-refractivity contribution in [3.05, 3.63) is 59.2 Å². The van der Waals surface area contributed by atoms with Gasteiger partial charge in [-0.25, -0.2) is 0 Å². The fourth-order valence-electron chi connectivity index (χ4n) is 2.41. The highest BCUT2D eigenvalue weighted by Crippen LogP contribution is 2.32. The Morgan fingerprint density at radius 3 is 2.32 bits per heavy atom. The van der Waals surface area contributed by atoms with E-state index in [4.69, 9.17) is 25.6 Å². The minimum Gasteiger partial charge on any atom is -0.496 e. The zero-order valence-corrected chi connectivity index (χ0v) is 14.3. The number of carbonyl (C=O) groups is 1. The molecular formula is C18H15ClN2O4. The maximum Gasteiger partial charge on any atom is 0.265 e. The van der Waals surface area contributed by atoms with Gasteiger partial charge in [-0.05, 0) is 29.8 Å². The Labute approximate surface area is 149 Å². The lowest BCUT2D eigenvalue weighted by Crippen LogP contribution is -2.14. The Morgan fingerprint density at radius 1 is 1.08 bits per heavy atom. The molecule has 25 heavy (non-hydrogen) atoms. The van der Waals surface area contributed by atoms with Gasteiger partial charge in [-0.2, -0.15) is 0 Å². The van der Waals surface area contributed by atoms with Crippen molar-refractivity contribution in [2.24, 2.45) is 0 Å². The predicted octanol–water partition coefficient (Wildman–Crippen LogP) is 4.26. The second-order valence-electron chi connectivity index (χ2n) is 5.07. The van der Waals surface area contributed by atoms with Crippen molar-refractivity contribution in [3.63, 3.8) is 0 Å². The van der Waals surface area contributed by atoms with E-state index in [2.05, 4.69) is 10.5 Å². The van der Waals surface area contributed by atoms with Gasteiger partial charge >= 0.3 is 0 Å². The summed E-state index contributed by atoms with van der Waals surface area (Å²) in [6, 6.07) is 12.2. The Kier molecular flexibility index (Phi) is 4.90. The third-order valence-electron chi connectivity index (χ3n) is 3.61. The van der Waals surface area contributed by atoms with Crippen LogP contribution in [0.1, 0.15) is 10.4 Å². The van der Waals surface area contributed by atoms with E-state index in [1.54, 1.807) is 30.3 Å². The first-order valence-corrected chi connectivity index (χ1v) is 7.74. The van der Waals surface area contributed by atoms with Crippen LogP contribution < -0.4 is 14.8 Å². The number of carbonyl (C=O) groups excluding carboxylic acids is 1. The van der Waals surface area contributed by atoms with E-state index in [0.29, 0.717) is 22.1 Å². The lowest BCUT2D eigenvalue weighted by molar-refractivity contribution is 0.101. The molecule has 1 aromatic heterocycles. The van der Waals surface area contributed by atoms with E-state index >= 15 is 0 Å². The molecule has 3 rings (SSSR count). The fraction of sp³-hybridized carbons (Fsp3) is 0.111. The van der Waals surface area contributed by atoms with Gasteiger partial charge < -0.3 is 14.0 Å². The van der Waals surface area contributed by atoms with E-state index in [1.165, 1.54) is 20.4 Å². The number of ether oxygens (including phenoxy) is 2. The molecule has 0 fully saturated rings. The molecule has 0 unspecified atom stereocenters. The molecule has 1 heterocycles. The highest BCUT2D eigenvalue weighted by molar-refractivity contribution is 6.30. The van der Waals surface area contributed by atoms with Crippen LogP contribution in [0.4, 0.5) is 5.88 Å². The quantitative estimate of drug-likeness (QED) is 0.737. The summed E-state index contributed by atoms with van der Waals surface area (Å²) in [5, 5.41) is 7.09. The van der Waals surface area contributed by atoms with Crippen LogP contribution in [-0.4, -0.2) is 25.3 Å². The van der Waals surface area contributed by atoms with E-state index < -0.39 is 5.91 Å². The van der Waals surface area contributed by atoms with Crippen LogP contribution in [0.3, 0.4) is 0 Å². The number of anilines is 1. The number of nitrogens with one attached hydrogen (secondary N) is 1. The van der Waals surface area contributed by atoms with Gasteiger partial charge in [0.25, 0.3) is 5.91 Å². The number of nitrogens with zero attached hydrogens (tertiary/aromatic N) is 1. The number of rotatable bonds is 5. The fourth-order valence-corrected chi connectivity index (χ4v) is 2.53. The molecule has 2 aromatic carbocycles. The van der Waals surface area contributed by atoms with Crippen molar-refractivity contribution in [3.8, 4) is 22.6 Å². The Morgan fingerprint density at radius 2 is 1.72 bits per heavy atom. The van der Waals surface area contributed by atoms with Crippen LogP contribution in [-0.2, 0) is 0 Å². The molecule has 1 amide bonds. The molecule has 0 saturated heterocycles. The number of aromatic nitrogens is 1. The topological polar surface area (TPSA) is 73.6 Å². The summed E-state index contributed by atoms with van der Waals surface area (Å²) in [5.74, 6) is 0.579. The lowest BCUT2D eigenvalue weighted by Gasteiger charge is -2.12. The van der Waals surface area contributed by atoms with Crippen molar-refractivity contribution in [2.75, 3.05) is 19.5 Å². The number of amides is 1. The maximum absolute atomic E-state index is 12.7. The third-order valence-corrected chi connectivity index (χ3v) is 3.86. The van der Waals surface area contributed by atoms with E-state index in [-0.39, 0.29) is 11.4 Å². The molecule has 0 bridgehead atoms. The van der Waals surface area contributed by atoms with Gasteiger partial charge in [-0.1, -0.05) is 35.0 Å². The van der Waals surface area contributed by atoms with Crippen LogP contribution in [0.15, 0.2) is 53.2 Å². The van der Waals surface area contributed by atoms with Gasteiger partial charge in [-0.15, -0.1) is 0 Å².